The van der Waals surface area contributed by atoms with E-state index in [1.165, 1.54) is 30.6 Å². The van der Waals surface area contributed by atoms with Gasteiger partial charge in [0.25, 0.3) is 0 Å². The molecule has 1 saturated heterocycles. The summed E-state index contributed by atoms with van der Waals surface area (Å²) >= 11 is 0. The van der Waals surface area contributed by atoms with E-state index in [-0.39, 0.29) is 0 Å². The van der Waals surface area contributed by atoms with Crippen LogP contribution in [0.5, 0.6) is 0 Å². The molecule has 2 aliphatic heterocycles. The quantitative estimate of drug-likeness (QED) is 0.694. The number of hydrogen-bond donors (Lipinski definition) is 1. The fraction of sp³-hybridized carbons (Fsp3) is 0.455. The van der Waals surface area contributed by atoms with Crippen molar-refractivity contribution in [3.63, 3.8) is 0 Å². The molecule has 2 nitrogen and oxygen atoms in total. The van der Waals surface area contributed by atoms with Gasteiger partial charge in [0.05, 0.1) is 6.17 Å². The van der Waals surface area contributed by atoms with E-state index in [0.29, 0.717) is 6.17 Å². The van der Waals surface area contributed by atoms with Crippen molar-refractivity contribution in [3.05, 3.63) is 35.4 Å². The lowest BCUT2D eigenvalue weighted by Crippen LogP contribution is -2.43. The second-order valence-corrected chi connectivity index (χ2v) is 3.87. The summed E-state index contributed by atoms with van der Waals surface area (Å²) in [6.45, 7) is 3.55. The topological polar surface area (TPSA) is 15.3 Å². The molecule has 0 aromatic heterocycles. The number of hydrogen-bond acceptors (Lipinski definition) is 2. The van der Waals surface area contributed by atoms with Gasteiger partial charge in [-0.25, -0.2) is 0 Å². The Hall–Kier alpha value is -0.860. The number of nitrogens with zero attached hydrogens (tertiary/aromatic N) is 1. The van der Waals surface area contributed by atoms with Crippen LogP contribution in [0.4, 0.5) is 0 Å². The Labute approximate surface area is 78.6 Å². The summed E-state index contributed by atoms with van der Waals surface area (Å²) in [6.07, 6.45) is 1.87. The molecule has 1 atom stereocenters. The van der Waals surface area contributed by atoms with Crippen LogP contribution in [0.15, 0.2) is 24.3 Å². The van der Waals surface area contributed by atoms with E-state index in [9.17, 15) is 0 Å². The lowest BCUT2D eigenvalue weighted by Gasteiger charge is -2.36. The van der Waals surface area contributed by atoms with E-state index < -0.39 is 0 Å². The van der Waals surface area contributed by atoms with Crippen LogP contribution >= 0.6 is 0 Å². The molecule has 0 spiro atoms. The first-order valence-corrected chi connectivity index (χ1v) is 5.00. The molecule has 68 valence electrons. The smallest absolute Gasteiger partial charge is 0.0866 e. The number of fused-ring (bicyclic) bond motifs is 1. The average molecular weight is 174 g/mol. The van der Waals surface area contributed by atoms with E-state index in [0.717, 1.165) is 6.54 Å². The van der Waals surface area contributed by atoms with Crippen molar-refractivity contribution in [3.8, 4) is 0 Å². The first kappa shape index (κ1) is 7.54. The summed E-state index contributed by atoms with van der Waals surface area (Å²) in [6, 6.07) is 8.73. The Kier molecular flexibility index (Phi) is 1.64. The Morgan fingerprint density at radius 1 is 1.23 bits per heavy atom. The number of benzene rings is 1. The maximum Gasteiger partial charge on any atom is 0.0866 e. The van der Waals surface area contributed by atoms with Gasteiger partial charge < -0.3 is 0 Å². The zero-order chi connectivity index (χ0) is 8.67. The summed E-state index contributed by atoms with van der Waals surface area (Å²) in [5, 5.41) is 3.55. The molecule has 1 aromatic carbocycles. The third-order valence-corrected chi connectivity index (χ3v) is 3.09. The molecular formula is C11H14N2. The van der Waals surface area contributed by atoms with Crippen molar-refractivity contribution in [1.29, 1.82) is 0 Å². The SMILES string of the molecule is c1ccc2c(c1)CNC2N1CCC1. The lowest BCUT2D eigenvalue weighted by atomic mass is 10.1. The Bertz CT molecular complexity index is 318. The van der Waals surface area contributed by atoms with E-state index in [4.69, 9.17) is 0 Å². The van der Waals surface area contributed by atoms with E-state index in [1.54, 1.807) is 0 Å². The maximum atomic E-state index is 3.55. The molecule has 2 aliphatic rings. The van der Waals surface area contributed by atoms with Gasteiger partial charge in [-0.2, -0.15) is 0 Å². The predicted molar refractivity (Wildman–Crippen MR) is 52.2 cm³/mol. The summed E-state index contributed by atoms with van der Waals surface area (Å²) in [7, 11) is 0. The van der Waals surface area contributed by atoms with Crippen molar-refractivity contribution in [2.45, 2.75) is 19.1 Å². The van der Waals surface area contributed by atoms with Crippen LogP contribution in [0.3, 0.4) is 0 Å². The molecule has 0 amide bonds. The standard InChI is InChI=1S/C11H14N2/c1-2-5-10-9(4-1)8-12-11(10)13-6-3-7-13/h1-2,4-5,11-12H,3,6-8H2. The van der Waals surface area contributed by atoms with Gasteiger partial charge in [-0.3, -0.25) is 10.2 Å². The van der Waals surface area contributed by atoms with Gasteiger partial charge in [0.15, 0.2) is 0 Å². The van der Waals surface area contributed by atoms with Crippen molar-refractivity contribution in [2.75, 3.05) is 13.1 Å². The van der Waals surface area contributed by atoms with E-state index in [2.05, 4.69) is 34.5 Å². The fourth-order valence-corrected chi connectivity index (χ4v) is 2.20. The molecule has 1 unspecified atom stereocenters. The molecule has 1 N–H and O–H groups in total. The highest BCUT2D eigenvalue weighted by Crippen LogP contribution is 2.30. The normalized spacial score (nSPS) is 26.9. The second kappa shape index (κ2) is 2.82. The summed E-state index contributed by atoms with van der Waals surface area (Å²) in [4.78, 5) is 2.51. The van der Waals surface area contributed by atoms with Gasteiger partial charge in [0.2, 0.25) is 0 Å². The fourth-order valence-electron chi connectivity index (χ4n) is 2.20. The van der Waals surface area contributed by atoms with Gasteiger partial charge in [-0.1, -0.05) is 24.3 Å². The van der Waals surface area contributed by atoms with Crippen molar-refractivity contribution >= 4 is 0 Å². The molecule has 0 aliphatic carbocycles. The minimum absolute atomic E-state index is 0.505. The van der Waals surface area contributed by atoms with Gasteiger partial charge in [0, 0.05) is 19.6 Å². The third kappa shape index (κ3) is 1.10. The molecule has 0 bridgehead atoms. The van der Waals surface area contributed by atoms with Crippen LogP contribution in [-0.2, 0) is 6.54 Å². The maximum absolute atomic E-state index is 3.55. The van der Waals surface area contributed by atoms with Gasteiger partial charge >= 0.3 is 0 Å². The van der Waals surface area contributed by atoms with Crippen molar-refractivity contribution < 1.29 is 0 Å². The zero-order valence-electron chi connectivity index (χ0n) is 7.66. The van der Waals surface area contributed by atoms with E-state index >= 15 is 0 Å². The highest BCUT2D eigenvalue weighted by molar-refractivity contribution is 5.33. The predicted octanol–water partition coefficient (Wildman–Crippen LogP) is 1.49. The van der Waals surface area contributed by atoms with Crippen molar-refractivity contribution in [1.82, 2.24) is 10.2 Å². The van der Waals surface area contributed by atoms with Gasteiger partial charge in [0.1, 0.15) is 0 Å². The molecule has 13 heavy (non-hydrogen) atoms. The Morgan fingerprint density at radius 3 is 2.85 bits per heavy atom. The summed E-state index contributed by atoms with van der Waals surface area (Å²) in [5.74, 6) is 0. The summed E-state index contributed by atoms with van der Waals surface area (Å²) in [5.41, 5.74) is 2.96. The van der Waals surface area contributed by atoms with Crippen LogP contribution in [0.25, 0.3) is 0 Å². The Balaban J connectivity index is 1.93. The Morgan fingerprint density at radius 2 is 2.08 bits per heavy atom. The molecular weight excluding hydrogens is 160 g/mol. The monoisotopic (exact) mass is 174 g/mol. The molecule has 2 heteroatoms. The highest BCUT2D eigenvalue weighted by atomic mass is 15.3. The molecule has 2 heterocycles. The lowest BCUT2D eigenvalue weighted by molar-refractivity contribution is 0.102. The number of rotatable bonds is 1. The van der Waals surface area contributed by atoms with Crippen LogP contribution in [0.2, 0.25) is 0 Å². The number of nitrogens with one attached hydrogen (secondary N) is 1. The first-order chi connectivity index (χ1) is 6.45. The van der Waals surface area contributed by atoms with Crippen LogP contribution < -0.4 is 5.32 Å². The van der Waals surface area contributed by atoms with Crippen LogP contribution in [0, 0.1) is 0 Å². The van der Waals surface area contributed by atoms with Crippen molar-refractivity contribution in [2.24, 2.45) is 0 Å². The molecule has 3 rings (SSSR count). The molecule has 1 fully saturated rings. The third-order valence-electron chi connectivity index (χ3n) is 3.09. The second-order valence-electron chi connectivity index (χ2n) is 3.87. The highest BCUT2D eigenvalue weighted by Gasteiger charge is 2.29. The molecule has 0 saturated carbocycles. The van der Waals surface area contributed by atoms with Crippen LogP contribution in [-0.4, -0.2) is 18.0 Å². The minimum atomic E-state index is 0.505. The summed E-state index contributed by atoms with van der Waals surface area (Å²) < 4.78 is 0. The largest absolute Gasteiger partial charge is 0.294 e. The molecule has 0 radical (unpaired) electrons. The minimum Gasteiger partial charge on any atom is -0.294 e. The van der Waals surface area contributed by atoms with Gasteiger partial charge in [-0.05, 0) is 17.5 Å². The van der Waals surface area contributed by atoms with E-state index in [1.807, 2.05) is 0 Å². The zero-order valence-corrected chi connectivity index (χ0v) is 7.66. The van der Waals surface area contributed by atoms with Gasteiger partial charge in [-0.15, -0.1) is 0 Å². The first-order valence-electron chi connectivity index (χ1n) is 5.00. The molecule has 1 aromatic rings. The average Bonchev–Trinajstić information content (AvgIpc) is 2.47. The van der Waals surface area contributed by atoms with Crippen LogP contribution in [0.1, 0.15) is 23.7 Å². The number of likely N-dealkylation sites (tertiary alicyclic amines) is 1.